The quantitative estimate of drug-likeness (QED) is 0.746. The van der Waals surface area contributed by atoms with Crippen LogP contribution in [0.4, 0.5) is 13.2 Å². The highest BCUT2D eigenvalue weighted by molar-refractivity contribution is 9.10. The monoisotopic (exact) mass is 292 g/mol. The zero-order valence-corrected chi connectivity index (χ0v) is 10.2. The van der Waals surface area contributed by atoms with Crippen LogP contribution in [-0.4, -0.2) is 0 Å². The van der Waals surface area contributed by atoms with Crippen LogP contribution in [0.1, 0.15) is 36.8 Å². The summed E-state index contributed by atoms with van der Waals surface area (Å²) in [5.74, 6) is -0.254. The molecule has 4 heteroatoms. The fourth-order valence-corrected chi connectivity index (χ4v) is 2.50. The molecule has 0 bridgehead atoms. The summed E-state index contributed by atoms with van der Waals surface area (Å²) in [5, 5.41) is 0. The SMILES string of the molecule is Fc1c(Br)cc(CC2CCC2)cc1C(F)F. The van der Waals surface area contributed by atoms with E-state index in [0.717, 1.165) is 24.8 Å². The molecule has 88 valence electrons. The van der Waals surface area contributed by atoms with Crippen LogP contribution < -0.4 is 0 Å². The average molecular weight is 293 g/mol. The molecule has 0 aliphatic heterocycles. The molecular formula is C12H12BrF3. The van der Waals surface area contributed by atoms with E-state index in [1.54, 1.807) is 6.07 Å². The molecule has 16 heavy (non-hydrogen) atoms. The molecule has 2 rings (SSSR count). The lowest BCUT2D eigenvalue weighted by Gasteiger charge is -2.25. The number of rotatable bonds is 3. The van der Waals surface area contributed by atoms with Crippen LogP contribution in [0.2, 0.25) is 0 Å². The Hall–Kier alpha value is -0.510. The molecule has 0 radical (unpaired) electrons. The second-order valence-corrected chi connectivity index (χ2v) is 5.14. The van der Waals surface area contributed by atoms with Gasteiger partial charge in [-0.1, -0.05) is 19.3 Å². The van der Waals surface area contributed by atoms with Crippen molar-refractivity contribution in [2.24, 2.45) is 5.92 Å². The van der Waals surface area contributed by atoms with Crippen LogP contribution in [0, 0.1) is 11.7 Å². The minimum atomic E-state index is -2.75. The van der Waals surface area contributed by atoms with Gasteiger partial charge in [-0.25, -0.2) is 13.2 Å². The van der Waals surface area contributed by atoms with Crippen LogP contribution >= 0.6 is 15.9 Å². The largest absolute Gasteiger partial charge is 0.266 e. The molecule has 1 fully saturated rings. The Labute approximate surface area is 101 Å². The molecule has 0 N–H and O–H groups in total. The molecule has 0 amide bonds. The molecule has 1 aromatic rings. The van der Waals surface area contributed by atoms with Crippen molar-refractivity contribution in [3.63, 3.8) is 0 Å². The number of hydrogen-bond acceptors (Lipinski definition) is 0. The Bertz CT molecular complexity index is 386. The minimum absolute atomic E-state index is 0.139. The molecule has 1 aliphatic rings. The Balaban J connectivity index is 2.24. The Morgan fingerprint density at radius 1 is 1.31 bits per heavy atom. The van der Waals surface area contributed by atoms with Gasteiger partial charge in [-0.2, -0.15) is 0 Å². The smallest absolute Gasteiger partial charge is 0.205 e. The van der Waals surface area contributed by atoms with E-state index in [2.05, 4.69) is 15.9 Å². The van der Waals surface area contributed by atoms with Crippen molar-refractivity contribution in [2.45, 2.75) is 32.1 Å². The van der Waals surface area contributed by atoms with E-state index in [4.69, 9.17) is 0 Å². The van der Waals surface area contributed by atoms with Gasteiger partial charge in [-0.3, -0.25) is 0 Å². The first kappa shape index (κ1) is 12.0. The molecule has 0 atom stereocenters. The second-order valence-electron chi connectivity index (χ2n) is 4.28. The number of halogens is 4. The normalized spacial score (nSPS) is 16.6. The highest BCUT2D eigenvalue weighted by Gasteiger charge is 2.21. The van der Waals surface area contributed by atoms with Crippen molar-refractivity contribution in [1.82, 2.24) is 0 Å². The van der Waals surface area contributed by atoms with Gasteiger partial charge in [0.2, 0.25) is 0 Å². The molecule has 0 heterocycles. The number of benzene rings is 1. The molecule has 0 saturated heterocycles. The lowest BCUT2D eigenvalue weighted by Crippen LogP contribution is -2.14. The lowest BCUT2D eigenvalue weighted by molar-refractivity contribution is 0.146. The summed E-state index contributed by atoms with van der Waals surface area (Å²) >= 11 is 2.99. The van der Waals surface area contributed by atoms with E-state index in [9.17, 15) is 13.2 Å². The predicted molar refractivity (Wildman–Crippen MR) is 60.1 cm³/mol. The first-order chi connectivity index (χ1) is 7.58. The predicted octanol–water partition coefficient (Wildman–Crippen LogP) is 4.87. The number of alkyl halides is 2. The molecular weight excluding hydrogens is 281 g/mol. The Morgan fingerprint density at radius 2 is 2.00 bits per heavy atom. The molecule has 0 aromatic heterocycles. The zero-order chi connectivity index (χ0) is 11.7. The van der Waals surface area contributed by atoms with Gasteiger partial charge in [0.1, 0.15) is 5.82 Å². The van der Waals surface area contributed by atoms with Crippen molar-refractivity contribution in [1.29, 1.82) is 0 Å². The second kappa shape index (κ2) is 4.78. The highest BCUT2D eigenvalue weighted by atomic mass is 79.9. The van der Waals surface area contributed by atoms with E-state index >= 15 is 0 Å². The highest BCUT2D eigenvalue weighted by Crippen LogP contribution is 2.33. The van der Waals surface area contributed by atoms with Gasteiger partial charge in [-0.15, -0.1) is 0 Å². The van der Waals surface area contributed by atoms with Crippen LogP contribution in [0.5, 0.6) is 0 Å². The average Bonchev–Trinajstić information content (AvgIpc) is 2.16. The van der Waals surface area contributed by atoms with E-state index in [0.29, 0.717) is 5.92 Å². The third kappa shape index (κ3) is 2.42. The van der Waals surface area contributed by atoms with Crippen molar-refractivity contribution >= 4 is 15.9 Å². The lowest BCUT2D eigenvalue weighted by atomic mass is 9.81. The van der Waals surface area contributed by atoms with Crippen molar-refractivity contribution in [3.05, 3.63) is 33.5 Å². The van der Waals surface area contributed by atoms with E-state index in [1.807, 2.05) is 0 Å². The third-order valence-corrected chi connectivity index (χ3v) is 3.68. The van der Waals surface area contributed by atoms with Gasteiger partial charge in [0, 0.05) is 0 Å². The van der Waals surface area contributed by atoms with E-state index in [1.165, 1.54) is 12.5 Å². The zero-order valence-electron chi connectivity index (χ0n) is 8.65. The molecule has 0 nitrogen and oxygen atoms in total. The minimum Gasteiger partial charge on any atom is -0.205 e. The van der Waals surface area contributed by atoms with Crippen LogP contribution in [0.25, 0.3) is 0 Å². The summed E-state index contributed by atoms with van der Waals surface area (Å²) < 4.78 is 38.6. The van der Waals surface area contributed by atoms with Crippen molar-refractivity contribution in [3.8, 4) is 0 Å². The summed E-state index contributed by atoms with van der Waals surface area (Å²) in [6, 6.07) is 2.91. The summed E-state index contributed by atoms with van der Waals surface area (Å²) in [5.41, 5.74) is 0.303. The van der Waals surface area contributed by atoms with E-state index in [-0.39, 0.29) is 4.47 Å². The fraction of sp³-hybridized carbons (Fsp3) is 0.500. The molecule has 1 aliphatic carbocycles. The summed E-state index contributed by atoms with van der Waals surface area (Å²) in [7, 11) is 0. The van der Waals surface area contributed by atoms with E-state index < -0.39 is 17.8 Å². The fourth-order valence-electron chi connectivity index (χ4n) is 1.98. The van der Waals surface area contributed by atoms with Gasteiger partial charge in [-0.05, 0) is 46.0 Å². The third-order valence-electron chi connectivity index (χ3n) is 3.10. The number of hydrogen-bond donors (Lipinski definition) is 0. The van der Waals surface area contributed by atoms with Crippen LogP contribution in [0.15, 0.2) is 16.6 Å². The molecule has 0 spiro atoms. The molecule has 1 aromatic carbocycles. The Kier molecular flexibility index (Phi) is 3.57. The van der Waals surface area contributed by atoms with Gasteiger partial charge in [0.05, 0.1) is 10.0 Å². The van der Waals surface area contributed by atoms with Gasteiger partial charge in [0.15, 0.2) is 0 Å². The molecule has 1 saturated carbocycles. The maximum Gasteiger partial charge on any atom is 0.266 e. The topological polar surface area (TPSA) is 0 Å². The first-order valence-electron chi connectivity index (χ1n) is 5.34. The standard InChI is InChI=1S/C12H12BrF3/c13-10-6-8(4-7-2-1-3-7)5-9(11(10)14)12(15)16/h5-7,12H,1-4H2. The Morgan fingerprint density at radius 3 is 2.50 bits per heavy atom. The van der Waals surface area contributed by atoms with Gasteiger partial charge < -0.3 is 0 Å². The summed E-state index contributed by atoms with van der Waals surface area (Å²) in [6.07, 6.45) is 1.54. The van der Waals surface area contributed by atoms with Crippen LogP contribution in [-0.2, 0) is 6.42 Å². The van der Waals surface area contributed by atoms with Crippen LogP contribution in [0.3, 0.4) is 0 Å². The van der Waals surface area contributed by atoms with Gasteiger partial charge >= 0.3 is 0 Å². The van der Waals surface area contributed by atoms with Crippen molar-refractivity contribution < 1.29 is 13.2 Å². The maximum atomic E-state index is 13.3. The van der Waals surface area contributed by atoms with Crippen molar-refractivity contribution in [2.75, 3.05) is 0 Å². The summed E-state index contributed by atoms with van der Waals surface area (Å²) in [6.45, 7) is 0. The summed E-state index contributed by atoms with van der Waals surface area (Å²) in [4.78, 5) is 0. The molecule has 0 unspecified atom stereocenters. The van der Waals surface area contributed by atoms with Gasteiger partial charge in [0.25, 0.3) is 6.43 Å². The first-order valence-corrected chi connectivity index (χ1v) is 6.13. The maximum absolute atomic E-state index is 13.3.